The largest absolute Gasteiger partial charge is 0.461 e. The minimum absolute atomic E-state index is 0.00611. The lowest BCUT2D eigenvalue weighted by Gasteiger charge is -2.20. The number of carbonyl (C=O) groups is 2. The summed E-state index contributed by atoms with van der Waals surface area (Å²) < 4.78 is 6.46. The number of H-pyrrole nitrogens is 1. The maximum Gasteiger partial charge on any atom is 0.329 e. The number of pyridine rings is 1. The number of carbonyl (C=O) groups excluding carboxylic acids is 2. The van der Waals surface area contributed by atoms with Crippen molar-refractivity contribution in [3.05, 3.63) is 96.1 Å². The Bertz CT molecular complexity index is 1360. The number of rotatable bonds is 7. The Labute approximate surface area is 197 Å². The maximum absolute atomic E-state index is 13.8. The number of ether oxygens (including phenoxy) is 1. The molecule has 3 aromatic rings. The van der Waals surface area contributed by atoms with Gasteiger partial charge in [0.05, 0.1) is 6.54 Å². The number of aryl methyl sites for hydroxylation is 3. The van der Waals surface area contributed by atoms with Gasteiger partial charge in [0, 0.05) is 36.0 Å². The minimum atomic E-state index is -0.684. The van der Waals surface area contributed by atoms with E-state index in [9.17, 15) is 19.2 Å². The van der Waals surface area contributed by atoms with Crippen LogP contribution in [0.3, 0.4) is 0 Å². The van der Waals surface area contributed by atoms with Crippen molar-refractivity contribution in [1.29, 1.82) is 0 Å². The summed E-state index contributed by atoms with van der Waals surface area (Å²) in [5.74, 6) is -1.15. The van der Waals surface area contributed by atoms with Gasteiger partial charge in [-0.3, -0.25) is 28.9 Å². The molecule has 0 fully saturated rings. The van der Waals surface area contributed by atoms with Crippen molar-refractivity contribution < 1.29 is 14.3 Å². The van der Waals surface area contributed by atoms with Gasteiger partial charge in [0.2, 0.25) is 5.78 Å². The summed E-state index contributed by atoms with van der Waals surface area (Å²) in [7, 11) is 0. The van der Waals surface area contributed by atoms with Gasteiger partial charge >= 0.3 is 11.7 Å². The number of hydrogen-bond donors (Lipinski definition) is 1. The Morgan fingerprint density at radius 3 is 2.29 bits per heavy atom. The summed E-state index contributed by atoms with van der Waals surface area (Å²) in [5, 5.41) is 0. The molecule has 0 bridgehead atoms. The second-order valence-corrected chi connectivity index (χ2v) is 8.84. The lowest BCUT2D eigenvalue weighted by atomic mass is 9.95. The van der Waals surface area contributed by atoms with Crippen molar-refractivity contribution in [2.75, 3.05) is 0 Å². The van der Waals surface area contributed by atoms with Crippen LogP contribution in [0.1, 0.15) is 76.1 Å². The fraction of sp³-hybridized carbons (Fsp3) is 0.346. The SMILES string of the molecule is CC(=O)OCc1cncc(C)c1Cn1c(C(=O)c2cc(C)cc(C)c2)c(C(C)C)c(=O)[nH]c1=O. The lowest BCUT2D eigenvalue weighted by Crippen LogP contribution is -2.38. The van der Waals surface area contributed by atoms with Gasteiger partial charge in [-0.05, 0) is 49.9 Å². The van der Waals surface area contributed by atoms with Crippen LogP contribution in [0.15, 0.2) is 40.2 Å². The first-order chi connectivity index (χ1) is 16.0. The predicted molar refractivity (Wildman–Crippen MR) is 128 cm³/mol. The van der Waals surface area contributed by atoms with Gasteiger partial charge in [0.1, 0.15) is 12.3 Å². The highest BCUT2D eigenvalue weighted by Crippen LogP contribution is 2.22. The van der Waals surface area contributed by atoms with E-state index in [-0.39, 0.29) is 30.3 Å². The fourth-order valence-electron chi connectivity index (χ4n) is 4.10. The number of benzene rings is 1. The maximum atomic E-state index is 13.8. The van der Waals surface area contributed by atoms with Crippen LogP contribution in [-0.2, 0) is 22.7 Å². The molecule has 8 nitrogen and oxygen atoms in total. The van der Waals surface area contributed by atoms with Crippen LogP contribution in [0.4, 0.5) is 0 Å². The van der Waals surface area contributed by atoms with Crippen molar-refractivity contribution in [1.82, 2.24) is 14.5 Å². The van der Waals surface area contributed by atoms with Gasteiger partial charge in [-0.2, -0.15) is 0 Å². The number of aromatic nitrogens is 3. The molecule has 0 amide bonds. The zero-order valence-corrected chi connectivity index (χ0v) is 20.3. The first-order valence-electron chi connectivity index (χ1n) is 11.0. The zero-order chi connectivity index (χ0) is 25.2. The average Bonchev–Trinajstić information content (AvgIpc) is 2.73. The quantitative estimate of drug-likeness (QED) is 0.425. The Morgan fingerprint density at radius 2 is 1.71 bits per heavy atom. The van der Waals surface area contributed by atoms with Crippen LogP contribution in [-0.4, -0.2) is 26.3 Å². The molecular formula is C26H29N3O5. The molecule has 0 radical (unpaired) electrons. The van der Waals surface area contributed by atoms with Gasteiger partial charge in [-0.25, -0.2) is 4.79 Å². The normalized spacial score (nSPS) is 11.0. The van der Waals surface area contributed by atoms with E-state index in [1.54, 1.807) is 24.5 Å². The molecule has 34 heavy (non-hydrogen) atoms. The van der Waals surface area contributed by atoms with Gasteiger partial charge < -0.3 is 4.74 Å². The number of nitrogens with zero attached hydrogens (tertiary/aromatic N) is 2. The monoisotopic (exact) mass is 463 g/mol. The lowest BCUT2D eigenvalue weighted by molar-refractivity contribution is -0.142. The predicted octanol–water partition coefficient (Wildman–Crippen LogP) is 3.32. The van der Waals surface area contributed by atoms with Crippen molar-refractivity contribution in [3.63, 3.8) is 0 Å². The Kier molecular flexibility index (Phi) is 7.29. The number of aromatic amines is 1. The Balaban J connectivity index is 2.27. The molecule has 3 rings (SSSR count). The molecule has 1 aromatic carbocycles. The average molecular weight is 464 g/mol. The second kappa shape index (κ2) is 9.99. The van der Waals surface area contributed by atoms with E-state index in [0.717, 1.165) is 16.7 Å². The van der Waals surface area contributed by atoms with Crippen molar-refractivity contribution >= 4 is 11.8 Å². The van der Waals surface area contributed by atoms with E-state index in [4.69, 9.17) is 4.74 Å². The smallest absolute Gasteiger partial charge is 0.329 e. The number of nitrogens with one attached hydrogen (secondary N) is 1. The molecule has 0 spiro atoms. The molecule has 1 N–H and O–H groups in total. The number of esters is 1. The van der Waals surface area contributed by atoms with Crippen LogP contribution < -0.4 is 11.2 Å². The van der Waals surface area contributed by atoms with Gasteiger partial charge in [0.25, 0.3) is 5.56 Å². The van der Waals surface area contributed by atoms with Crippen LogP contribution in [0.2, 0.25) is 0 Å². The minimum Gasteiger partial charge on any atom is -0.461 e. The molecule has 0 atom stereocenters. The highest BCUT2D eigenvalue weighted by atomic mass is 16.5. The van der Waals surface area contributed by atoms with E-state index in [2.05, 4.69) is 9.97 Å². The standard InChI is InChI=1S/C26H29N3O5/c1-14(2)22-23(24(31)19-8-15(3)7-16(4)9-19)29(26(33)28-25(22)32)12-21-17(5)10-27-11-20(21)13-34-18(6)30/h7-11,14H,12-13H2,1-6H3,(H,28,32,33). The first-order valence-corrected chi connectivity index (χ1v) is 11.0. The number of hydrogen-bond acceptors (Lipinski definition) is 6. The topological polar surface area (TPSA) is 111 Å². The van der Waals surface area contributed by atoms with E-state index < -0.39 is 23.0 Å². The molecule has 0 aliphatic rings. The zero-order valence-electron chi connectivity index (χ0n) is 20.3. The molecule has 2 heterocycles. The van der Waals surface area contributed by atoms with Crippen molar-refractivity contribution in [2.24, 2.45) is 0 Å². The van der Waals surface area contributed by atoms with Crippen molar-refractivity contribution in [2.45, 2.75) is 60.6 Å². The Hall–Kier alpha value is -3.81. The van der Waals surface area contributed by atoms with E-state index >= 15 is 0 Å². The second-order valence-electron chi connectivity index (χ2n) is 8.84. The third-order valence-electron chi connectivity index (χ3n) is 5.62. The molecule has 2 aromatic heterocycles. The third-order valence-corrected chi connectivity index (χ3v) is 5.62. The van der Waals surface area contributed by atoms with Crippen LogP contribution in [0.25, 0.3) is 0 Å². The summed E-state index contributed by atoms with van der Waals surface area (Å²) >= 11 is 0. The van der Waals surface area contributed by atoms with Crippen LogP contribution in [0.5, 0.6) is 0 Å². The molecule has 178 valence electrons. The van der Waals surface area contributed by atoms with Crippen molar-refractivity contribution in [3.8, 4) is 0 Å². The van der Waals surface area contributed by atoms with Gasteiger partial charge in [-0.1, -0.05) is 31.0 Å². The summed E-state index contributed by atoms with van der Waals surface area (Å²) in [5.41, 5.74) is 3.33. The summed E-state index contributed by atoms with van der Waals surface area (Å²) in [4.78, 5) is 57.5. The highest BCUT2D eigenvalue weighted by Gasteiger charge is 2.25. The van der Waals surface area contributed by atoms with Gasteiger partial charge in [0.15, 0.2) is 0 Å². The molecular weight excluding hydrogens is 434 g/mol. The highest BCUT2D eigenvalue weighted by molar-refractivity contribution is 6.09. The first kappa shape index (κ1) is 24.8. The van der Waals surface area contributed by atoms with Crippen LogP contribution >= 0.6 is 0 Å². The molecule has 0 saturated heterocycles. The molecule has 0 saturated carbocycles. The summed E-state index contributed by atoms with van der Waals surface area (Å²) in [6.45, 7) is 10.5. The Morgan fingerprint density at radius 1 is 1.06 bits per heavy atom. The summed E-state index contributed by atoms with van der Waals surface area (Å²) in [6.07, 6.45) is 3.20. The van der Waals surface area contributed by atoms with E-state index in [1.165, 1.54) is 11.5 Å². The third kappa shape index (κ3) is 5.22. The molecule has 0 unspecified atom stereocenters. The van der Waals surface area contributed by atoms with Crippen LogP contribution in [0, 0.1) is 20.8 Å². The van der Waals surface area contributed by atoms with E-state index in [1.807, 2.05) is 40.7 Å². The van der Waals surface area contributed by atoms with E-state index in [0.29, 0.717) is 16.7 Å². The summed E-state index contributed by atoms with van der Waals surface area (Å²) in [6, 6.07) is 5.45. The number of ketones is 1. The fourth-order valence-corrected chi connectivity index (χ4v) is 4.10. The molecule has 8 heteroatoms. The molecule has 0 aliphatic carbocycles. The molecule has 0 aliphatic heterocycles. The van der Waals surface area contributed by atoms with Gasteiger partial charge in [-0.15, -0.1) is 0 Å².